The lowest BCUT2D eigenvalue weighted by Crippen LogP contribution is -2.65. The minimum atomic E-state index is 0.368. The van der Waals surface area contributed by atoms with Crippen LogP contribution in [-0.2, 0) is 0 Å². The molecule has 0 aromatic heterocycles. The van der Waals surface area contributed by atoms with Crippen molar-refractivity contribution in [2.24, 2.45) is 0 Å². The molecule has 1 saturated heterocycles. The van der Waals surface area contributed by atoms with Gasteiger partial charge in [-0.3, -0.25) is 4.90 Å². The highest BCUT2D eigenvalue weighted by atomic mass is 15.3. The fraction of sp³-hybridized carbons (Fsp3) is 0.875. The summed E-state index contributed by atoms with van der Waals surface area (Å²) >= 11 is 0. The molecule has 0 amide bonds. The molecule has 2 heteroatoms. The van der Waals surface area contributed by atoms with E-state index in [9.17, 15) is 0 Å². The molecule has 2 nitrogen and oxygen atoms in total. The quantitative estimate of drug-likeness (QED) is 0.770. The standard InChI is InChI=1S/C16H30N2/c1-4-14-12-17-16(5-2,6-3)13-18(14)15-10-8-7-9-11-15/h7-8,14-15,17H,4-6,9-13H2,1-3H3. The molecule has 0 aromatic carbocycles. The number of hydrogen-bond acceptors (Lipinski definition) is 2. The van der Waals surface area contributed by atoms with Gasteiger partial charge < -0.3 is 5.32 Å². The van der Waals surface area contributed by atoms with E-state index in [1.165, 1.54) is 51.6 Å². The lowest BCUT2D eigenvalue weighted by molar-refractivity contribution is 0.0314. The van der Waals surface area contributed by atoms with Crippen LogP contribution < -0.4 is 5.32 Å². The Labute approximate surface area is 113 Å². The second kappa shape index (κ2) is 6.21. The Morgan fingerprint density at radius 1 is 1.22 bits per heavy atom. The van der Waals surface area contributed by atoms with E-state index in [4.69, 9.17) is 0 Å². The topological polar surface area (TPSA) is 15.3 Å². The summed E-state index contributed by atoms with van der Waals surface area (Å²) in [6.07, 6.45) is 12.4. The predicted molar refractivity (Wildman–Crippen MR) is 78.9 cm³/mol. The van der Waals surface area contributed by atoms with Crippen molar-refractivity contribution in [2.45, 2.75) is 76.9 Å². The Hall–Kier alpha value is -0.340. The van der Waals surface area contributed by atoms with Crippen molar-refractivity contribution in [3.05, 3.63) is 12.2 Å². The van der Waals surface area contributed by atoms with Crippen molar-refractivity contribution in [3.63, 3.8) is 0 Å². The predicted octanol–water partition coefficient (Wildman–Crippen LogP) is 3.34. The number of rotatable bonds is 4. The summed E-state index contributed by atoms with van der Waals surface area (Å²) in [5.74, 6) is 0. The van der Waals surface area contributed by atoms with Gasteiger partial charge in [0.25, 0.3) is 0 Å². The molecule has 0 saturated carbocycles. The first-order chi connectivity index (χ1) is 8.74. The Morgan fingerprint density at radius 2 is 2.00 bits per heavy atom. The molecule has 0 aromatic rings. The molecule has 2 aliphatic rings. The van der Waals surface area contributed by atoms with Crippen LogP contribution in [0.25, 0.3) is 0 Å². The van der Waals surface area contributed by atoms with E-state index in [2.05, 4.69) is 43.1 Å². The van der Waals surface area contributed by atoms with Crippen LogP contribution >= 0.6 is 0 Å². The molecule has 0 bridgehead atoms. The van der Waals surface area contributed by atoms with Gasteiger partial charge in [-0.15, -0.1) is 0 Å². The highest BCUT2D eigenvalue weighted by molar-refractivity contribution is 5.02. The third-order valence-corrected chi connectivity index (χ3v) is 5.20. The van der Waals surface area contributed by atoms with Crippen LogP contribution in [0.3, 0.4) is 0 Å². The molecule has 0 spiro atoms. The molecule has 1 aliphatic carbocycles. The third-order valence-electron chi connectivity index (χ3n) is 5.20. The minimum Gasteiger partial charge on any atom is -0.308 e. The molecular weight excluding hydrogens is 220 g/mol. The second-order valence-corrected chi connectivity index (χ2v) is 6.04. The fourth-order valence-electron chi connectivity index (χ4n) is 3.59. The SMILES string of the molecule is CCC1CNC(CC)(CC)CN1C1CC=CCC1. The highest BCUT2D eigenvalue weighted by Gasteiger charge is 2.38. The van der Waals surface area contributed by atoms with Gasteiger partial charge in [0.2, 0.25) is 0 Å². The molecule has 2 rings (SSSR count). The Balaban J connectivity index is 2.09. The lowest BCUT2D eigenvalue weighted by atomic mass is 9.85. The first-order valence-corrected chi connectivity index (χ1v) is 7.90. The van der Waals surface area contributed by atoms with E-state index in [0.717, 1.165) is 12.1 Å². The van der Waals surface area contributed by atoms with Crippen LogP contribution in [0.2, 0.25) is 0 Å². The molecule has 2 atom stereocenters. The first-order valence-electron chi connectivity index (χ1n) is 7.90. The number of piperazine rings is 1. The lowest BCUT2D eigenvalue weighted by Gasteiger charge is -2.50. The Morgan fingerprint density at radius 3 is 2.56 bits per heavy atom. The normalized spacial score (nSPS) is 32.6. The van der Waals surface area contributed by atoms with Crippen molar-refractivity contribution < 1.29 is 0 Å². The number of hydrogen-bond donors (Lipinski definition) is 1. The minimum absolute atomic E-state index is 0.368. The fourth-order valence-corrected chi connectivity index (χ4v) is 3.59. The van der Waals surface area contributed by atoms with Crippen molar-refractivity contribution in [3.8, 4) is 0 Å². The van der Waals surface area contributed by atoms with E-state index in [0.29, 0.717) is 5.54 Å². The van der Waals surface area contributed by atoms with Crippen LogP contribution in [0.15, 0.2) is 12.2 Å². The van der Waals surface area contributed by atoms with E-state index in [-0.39, 0.29) is 0 Å². The number of nitrogens with zero attached hydrogens (tertiary/aromatic N) is 1. The Kier molecular flexibility index (Phi) is 4.85. The zero-order valence-corrected chi connectivity index (χ0v) is 12.4. The van der Waals surface area contributed by atoms with E-state index in [1.807, 2.05) is 0 Å². The maximum atomic E-state index is 3.84. The monoisotopic (exact) mass is 250 g/mol. The van der Waals surface area contributed by atoms with Gasteiger partial charge in [0.1, 0.15) is 0 Å². The van der Waals surface area contributed by atoms with Crippen LogP contribution in [-0.4, -0.2) is 35.6 Å². The summed E-state index contributed by atoms with van der Waals surface area (Å²) in [7, 11) is 0. The van der Waals surface area contributed by atoms with E-state index < -0.39 is 0 Å². The van der Waals surface area contributed by atoms with Gasteiger partial charge in [0.05, 0.1) is 0 Å². The molecule has 104 valence electrons. The van der Waals surface area contributed by atoms with Gasteiger partial charge in [0.15, 0.2) is 0 Å². The summed E-state index contributed by atoms with van der Waals surface area (Å²) in [6, 6.07) is 1.53. The van der Waals surface area contributed by atoms with Crippen molar-refractivity contribution in [2.75, 3.05) is 13.1 Å². The Bertz CT molecular complexity index is 281. The van der Waals surface area contributed by atoms with Crippen LogP contribution in [0.5, 0.6) is 0 Å². The summed E-state index contributed by atoms with van der Waals surface area (Å²) < 4.78 is 0. The van der Waals surface area contributed by atoms with Gasteiger partial charge in [-0.25, -0.2) is 0 Å². The molecule has 1 fully saturated rings. The van der Waals surface area contributed by atoms with Crippen molar-refractivity contribution >= 4 is 0 Å². The van der Waals surface area contributed by atoms with Gasteiger partial charge in [-0.2, -0.15) is 0 Å². The average molecular weight is 250 g/mol. The van der Waals surface area contributed by atoms with Crippen LogP contribution in [0.1, 0.15) is 59.3 Å². The largest absolute Gasteiger partial charge is 0.308 e. The summed E-state index contributed by atoms with van der Waals surface area (Å²) in [4.78, 5) is 2.83. The van der Waals surface area contributed by atoms with Gasteiger partial charge in [-0.05, 0) is 38.5 Å². The average Bonchev–Trinajstić information content (AvgIpc) is 2.47. The molecular formula is C16H30N2. The molecule has 1 N–H and O–H groups in total. The van der Waals surface area contributed by atoms with E-state index in [1.54, 1.807) is 0 Å². The van der Waals surface area contributed by atoms with Crippen LogP contribution in [0, 0.1) is 0 Å². The molecule has 1 heterocycles. The smallest absolute Gasteiger partial charge is 0.0304 e. The molecule has 1 aliphatic heterocycles. The number of nitrogens with one attached hydrogen (secondary N) is 1. The number of allylic oxidation sites excluding steroid dienone is 1. The summed E-state index contributed by atoms with van der Waals surface area (Å²) in [5.41, 5.74) is 0.368. The van der Waals surface area contributed by atoms with Crippen molar-refractivity contribution in [1.82, 2.24) is 10.2 Å². The molecule has 2 unspecified atom stereocenters. The van der Waals surface area contributed by atoms with Gasteiger partial charge in [-0.1, -0.05) is 32.9 Å². The first kappa shape index (κ1) is 14.1. The van der Waals surface area contributed by atoms with Gasteiger partial charge >= 0.3 is 0 Å². The van der Waals surface area contributed by atoms with Crippen LogP contribution in [0.4, 0.5) is 0 Å². The second-order valence-electron chi connectivity index (χ2n) is 6.04. The van der Waals surface area contributed by atoms with Gasteiger partial charge in [0, 0.05) is 30.7 Å². The zero-order chi connectivity index (χ0) is 13.0. The molecule has 18 heavy (non-hydrogen) atoms. The highest BCUT2D eigenvalue weighted by Crippen LogP contribution is 2.29. The van der Waals surface area contributed by atoms with E-state index >= 15 is 0 Å². The maximum absolute atomic E-state index is 3.84. The van der Waals surface area contributed by atoms with Crippen molar-refractivity contribution in [1.29, 1.82) is 0 Å². The summed E-state index contributed by atoms with van der Waals surface area (Å²) in [6.45, 7) is 9.43. The maximum Gasteiger partial charge on any atom is 0.0304 e. The third kappa shape index (κ3) is 2.80. The summed E-state index contributed by atoms with van der Waals surface area (Å²) in [5, 5.41) is 3.84. The zero-order valence-electron chi connectivity index (χ0n) is 12.4. The molecule has 0 radical (unpaired) electrons.